The van der Waals surface area contributed by atoms with Crippen molar-refractivity contribution >= 4 is 23.2 Å². The number of nitrogens with one attached hydrogen (secondary N) is 3. The minimum absolute atomic E-state index is 0.0181. The van der Waals surface area contributed by atoms with Gasteiger partial charge < -0.3 is 126 Å². The van der Waals surface area contributed by atoms with Crippen molar-refractivity contribution < 1.29 is 104 Å². The largest absolute Gasteiger partial charge is 0.482 e. The summed E-state index contributed by atoms with van der Waals surface area (Å²) in [6.07, 6.45) is 3.74. The lowest BCUT2D eigenvalue weighted by Gasteiger charge is -2.22. The zero-order chi connectivity index (χ0) is 96.2. The van der Waals surface area contributed by atoms with Gasteiger partial charge in [0, 0.05) is 68.2 Å². The van der Waals surface area contributed by atoms with Gasteiger partial charge in [-0.2, -0.15) is 0 Å². The molecule has 0 radical (unpaired) electrons. The summed E-state index contributed by atoms with van der Waals surface area (Å²) in [4.78, 5) is 6.34. The maximum absolute atomic E-state index is 13.6. The van der Waals surface area contributed by atoms with Crippen LogP contribution >= 0.6 is 23.2 Å². The molecular weight excluding hydrogens is 1800 g/mol. The lowest BCUT2D eigenvalue weighted by Crippen LogP contribution is -2.19. The lowest BCUT2D eigenvalue weighted by atomic mass is 10.0. The molecule has 6 aliphatic rings. The second kappa shape index (κ2) is 52.5. The van der Waals surface area contributed by atoms with Gasteiger partial charge >= 0.3 is 0 Å². The first kappa shape index (κ1) is 102. The van der Waals surface area contributed by atoms with Crippen molar-refractivity contribution in [1.29, 1.82) is 0 Å². The summed E-state index contributed by atoms with van der Waals surface area (Å²) < 4.78 is 130. The van der Waals surface area contributed by atoms with E-state index in [1.807, 2.05) is 282 Å². The first-order chi connectivity index (χ1) is 66.8. The molecule has 5 N–H and O–H groups in total. The van der Waals surface area contributed by atoms with E-state index in [0.29, 0.717) is 108 Å². The molecule has 0 amide bonds. The van der Waals surface area contributed by atoms with Crippen LogP contribution in [0.2, 0.25) is 10.0 Å². The van der Waals surface area contributed by atoms with E-state index < -0.39 is 0 Å². The zero-order valence-electron chi connectivity index (χ0n) is 78.5. The fourth-order valence-corrected chi connectivity index (χ4v) is 15.6. The van der Waals surface area contributed by atoms with Gasteiger partial charge in [-0.05, 0) is 261 Å². The van der Waals surface area contributed by atoms with E-state index in [0.717, 1.165) is 127 Å². The van der Waals surface area contributed by atoms with Crippen LogP contribution in [0.4, 0.5) is 8.78 Å². The number of ether oxygens (including phenoxy) is 18. The third kappa shape index (κ3) is 29.8. The van der Waals surface area contributed by atoms with E-state index in [1.54, 1.807) is 12.1 Å². The number of rotatable bonds is 38. The molecule has 0 aromatic heterocycles. The number of hydrogen-bond donors (Lipinski definition) is 5. The van der Waals surface area contributed by atoms with Gasteiger partial charge in [-0.1, -0.05) is 145 Å². The Morgan fingerprint density at radius 1 is 0.277 bits per heavy atom. The quantitative estimate of drug-likeness (QED) is 0.0241. The molecule has 30 heteroatoms. The highest BCUT2D eigenvalue weighted by Gasteiger charge is 2.31. The average Bonchev–Trinajstić information content (AvgIpc) is 1.57. The van der Waals surface area contributed by atoms with Gasteiger partial charge in [0.25, 0.3) is 0 Å². The van der Waals surface area contributed by atoms with Crippen molar-refractivity contribution in [2.45, 2.75) is 88.4 Å². The highest BCUT2D eigenvalue weighted by Crippen LogP contribution is 2.49. The molecule has 0 aliphatic carbocycles. The molecule has 6 unspecified atom stereocenters. The summed E-state index contributed by atoms with van der Waals surface area (Å²) in [5.74, 6) is 11.5. The molecule has 6 heterocycles. The summed E-state index contributed by atoms with van der Waals surface area (Å²) in [5, 5.41) is 29.5. The van der Waals surface area contributed by atoms with E-state index in [1.165, 1.54) is 24.3 Å². The monoisotopic (exact) mass is 1920 g/mol. The Kier molecular flexibility index (Phi) is 38.9. The number of hydrogen-bond acceptors (Lipinski definition) is 26. The summed E-state index contributed by atoms with van der Waals surface area (Å²) in [5.41, 5.74) is 7.52. The molecule has 0 fully saturated rings. The number of para-hydroxylation sites is 6. The Hall–Kier alpha value is -12.8. The average molecular weight is 1920 g/mol. The number of nitrogens with zero attached hydrogens (tertiary/aromatic N) is 3. The molecule has 726 valence electrons. The van der Waals surface area contributed by atoms with Gasteiger partial charge in [-0.25, -0.2) is 8.78 Å². The molecular formula is C107H120Cl2F2N6O20. The van der Waals surface area contributed by atoms with Gasteiger partial charge in [0.15, 0.2) is 69.0 Å². The number of fused-ring (bicyclic) bond motifs is 6. The highest BCUT2D eigenvalue weighted by molar-refractivity contribution is 6.31. The van der Waals surface area contributed by atoms with Crippen molar-refractivity contribution in [3.8, 4) is 103 Å². The maximum Gasteiger partial charge on any atom is 0.231 e. The van der Waals surface area contributed by atoms with Crippen molar-refractivity contribution in [3.63, 3.8) is 0 Å². The van der Waals surface area contributed by atoms with Gasteiger partial charge in [-0.3, -0.25) is 0 Å². The Balaban J connectivity index is 0.000000139. The second-order valence-electron chi connectivity index (χ2n) is 33.1. The molecule has 137 heavy (non-hydrogen) atoms. The predicted octanol–water partition coefficient (Wildman–Crippen LogP) is 20.5. The number of aliphatic hydroxyl groups excluding tert-OH is 2. The topological polar surface area (TPSA) is 252 Å². The number of benzene rings is 12. The minimum atomic E-state index is -0.270. The summed E-state index contributed by atoms with van der Waals surface area (Å²) in [6, 6.07) is 78.0. The SMILES string of the molecule is CN(C)CCC(Oc1cccc2c1OCO2)c1cccc(CO)c1.CN(C)CCC(Oc1cccc2c1OCO2)c1cccc(Cl)c1.CN(C)CCC(Oc1cccc2c1OCO2)c1cccc(F)c1.CNCCC(Oc1cccc2c1OCO2)c1cccc(CO)c1.CNCCC(Oc1cccc2c1OCO2)c1cccc(Cl)c1.CNCCC(Oc1cccc2c1OCO2)c1cccc(F)c1. The summed E-state index contributed by atoms with van der Waals surface area (Å²) in [6.45, 7) is 6.36. The Bertz CT molecular complexity index is 5560. The van der Waals surface area contributed by atoms with E-state index in [-0.39, 0.29) is 102 Å². The van der Waals surface area contributed by atoms with E-state index in [9.17, 15) is 19.0 Å². The molecule has 6 aliphatic heterocycles. The van der Waals surface area contributed by atoms with Crippen LogP contribution in [0.25, 0.3) is 0 Å². The smallest absolute Gasteiger partial charge is 0.231 e. The van der Waals surface area contributed by atoms with Gasteiger partial charge in [0.2, 0.25) is 75.3 Å². The first-order valence-electron chi connectivity index (χ1n) is 45.4. The first-order valence-corrected chi connectivity index (χ1v) is 46.2. The Labute approximate surface area is 809 Å². The molecule has 0 saturated carbocycles. The Morgan fingerprint density at radius 2 is 0.489 bits per heavy atom. The fraction of sp³-hybridized carbons (Fsp3) is 0.327. The van der Waals surface area contributed by atoms with Crippen LogP contribution in [0.5, 0.6) is 103 Å². The van der Waals surface area contributed by atoms with Crippen molar-refractivity contribution in [3.05, 3.63) is 321 Å². The van der Waals surface area contributed by atoms with Crippen LogP contribution in [-0.2, 0) is 13.2 Å². The zero-order valence-corrected chi connectivity index (χ0v) is 80.0. The Morgan fingerprint density at radius 3 is 0.708 bits per heavy atom. The van der Waals surface area contributed by atoms with Crippen LogP contribution < -0.4 is 101 Å². The molecule has 0 spiro atoms. The van der Waals surface area contributed by atoms with Crippen LogP contribution in [0.3, 0.4) is 0 Å². The van der Waals surface area contributed by atoms with Crippen molar-refractivity contribution in [2.24, 2.45) is 0 Å². The van der Waals surface area contributed by atoms with E-state index in [2.05, 4.69) is 30.7 Å². The molecule has 0 bridgehead atoms. The molecule has 12 aromatic carbocycles. The predicted molar refractivity (Wildman–Crippen MR) is 521 cm³/mol. The third-order valence-electron chi connectivity index (χ3n) is 22.2. The van der Waals surface area contributed by atoms with Crippen molar-refractivity contribution in [1.82, 2.24) is 30.7 Å². The fourth-order valence-electron chi connectivity index (χ4n) is 15.2. The molecule has 12 aromatic rings. The highest BCUT2D eigenvalue weighted by atomic mass is 35.5. The lowest BCUT2D eigenvalue weighted by molar-refractivity contribution is 0.153. The molecule has 18 rings (SSSR count). The van der Waals surface area contributed by atoms with Crippen LogP contribution in [0.15, 0.2) is 255 Å². The van der Waals surface area contributed by atoms with Gasteiger partial charge in [0.1, 0.15) is 48.3 Å². The summed E-state index contributed by atoms with van der Waals surface area (Å²) in [7, 11) is 17.9. The third-order valence-corrected chi connectivity index (χ3v) is 22.6. The van der Waals surface area contributed by atoms with E-state index >= 15 is 0 Å². The van der Waals surface area contributed by atoms with Crippen LogP contribution in [-0.4, -0.2) is 168 Å². The van der Waals surface area contributed by atoms with Crippen molar-refractivity contribution in [2.75, 3.05) is 143 Å². The van der Waals surface area contributed by atoms with E-state index in [4.69, 9.17) is 108 Å². The minimum Gasteiger partial charge on any atom is -0.482 e. The molecule has 26 nitrogen and oxygen atoms in total. The summed E-state index contributed by atoms with van der Waals surface area (Å²) >= 11 is 12.2. The maximum atomic E-state index is 13.6. The van der Waals surface area contributed by atoms with Gasteiger partial charge in [0.05, 0.1) is 13.2 Å². The van der Waals surface area contributed by atoms with Crippen LogP contribution in [0.1, 0.15) is 120 Å². The number of aliphatic hydroxyl groups is 2. The van der Waals surface area contributed by atoms with Crippen LogP contribution in [0, 0.1) is 11.6 Å². The second-order valence-corrected chi connectivity index (χ2v) is 33.9. The normalized spacial score (nSPS) is 14.0. The molecule has 6 atom stereocenters. The molecule has 0 saturated heterocycles. The van der Waals surface area contributed by atoms with Gasteiger partial charge in [-0.15, -0.1) is 0 Å². The number of halogens is 4. The standard InChI is InChI=1S/C19H23NO4.C18H20ClNO3.C18H20FNO3.C18H21NO4.C17H18ClNO3.C17H18FNO3/c1-20(2)10-9-16(15-6-3-5-14(11-15)12-21)24-18-8-4-7-17-19(18)23-13-22-17;2*1-20(2)10-9-15(13-5-3-6-14(19)11-13)23-17-8-4-7-16-18(17)22-12-21-16;1-19-9-8-15(14-5-2-4-13(10-14)11-20)23-17-7-3-6-16-18(17)22-12-21-16;2*1-19-9-8-14(12-4-2-5-13(18)10-12)22-16-7-3-6-15-17(16)21-11-20-15/h3-8,11,16,21H,9-10,12-13H2,1-2H3;2*3-8,11,15H,9-10,12H2,1-2H3;2-7,10,15,19-20H,8-9,11-12H2,1H3;2*2-7,10,14,19H,8-9,11H2,1H3.